The average Bonchev–Trinajstić information content (AvgIpc) is 2.88. The maximum absolute atomic E-state index is 12.0. The summed E-state index contributed by atoms with van der Waals surface area (Å²) in [6.45, 7) is 3.43. The first kappa shape index (κ1) is 15.5. The van der Waals surface area contributed by atoms with Gasteiger partial charge < -0.3 is 10.1 Å². The van der Waals surface area contributed by atoms with E-state index < -0.39 is 12.1 Å². The van der Waals surface area contributed by atoms with Crippen molar-refractivity contribution < 1.29 is 14.3 Å². The molecule has 1 amide bonds. The molecule has 0 aliphatic rings. The van der Waals surface area contributed by atoms with Gasteiger partial charge in [0.15, 0.2) is 6.10 Å². The molecule has 1 aromatic carbocycles. The van der Waals surface area contributed by atoms with Crippen molar-refractivity contribution in [2.75, 3.05) is 5.32 Å². The molecule has 0 saturated heterocycles. The number of esters is 1. The lowest BCUT2D eigenvalue weighted by Crippen LogP contribution is -2.29. The van der Waals surface area contributed by atoms with Crippen LogP contribution in [-0.4, -0.2) is 18.0 Å². The van der Waals surface area contributed by atoms with E-state index in [4.69, 9.17) is 16.3 Å². The van der Waals surface area contributed by atoms with Crippen molar-refractivity contribution in [1.29, 1.82) is 0 Å². The van der Waals surface area contributed by atoms with Crippen LogP contribution in [0.1, 0.15) is 21.5 Å². The number of rotatable bonds is 4. The van der Waals surface area contributed by atoms with Gasteiger partial charge >= 0.3 is 5.97 Å². The molecule has 0 bridgehead atoms. The van der Waals surface area contributed by atoms with Gasteiger partial charge in [-0.15, -0.1) is 11.3 Å². The van der Waals surface area contributed by atoms with Crippen LogP contribution in [0.4, 0.5) is 5.69 Å². The van der Waals surface area contributed by atoms with Crippen LogP contribution in [0.25, 0.3) is 0 Å². The Morgan fingerprint density at radius 2 is 1.86 bits per heavy atom. The average molecular weight is 324 g/mol. The van der Waals surface area contributed by atoms with Crippen LogP contribution in [0.3, 0.4) is 0 Å². The van der Waals surface area contributed by atoms with Gasteiger partial charge in [0.1, 0.15) is 4.88 Å². The van der Waals surface area contributed by atoms with Crippen molar-refractivity contribution in [2.24, 2.45) is 0 Å². The minimum Gasteiger partial charge on any atom is -0.448 e. The maximum Gasteiger partial charge on any atom is 0.349 e. The summed E-state index contributed by atoms with van der Waals surface area (Å²) in [6, 6.07) is 10.2. The predicted molar refractivity (Wildman–Crippen MR) is 84.0 cm³/mol. The van der Waals surface area contributed by atoms with Crippen molar-refractivity contribution in [3.8, 4) is 0 Å². The second-order valence-corrected chi connectivity index (χ2v) is 6.18. The molecule has 110 valence electrons. The first-order chi connectivity index (χ1) is 9.95. The molecule has 0 fully saturated rings. The number of hydrogen-bond donors (Lipinski definition) is 1. The summed E-state index contributed by atoms with van der Waals surface area (Å²) < 4.78 is 5.14. The van der Waals surface area contributed by atoms with Crippen molar-refractivity contribution in [3.63, 3.8) is 0 Å². The highest BCUT2D eigenvalue weighted by Crippen LogP contribution is 2.17. The molecule has 1 heterocycles. The van der Waals surface area contributed by atoms with Gasteiger partial charge in [-0.1, -0.05) is 11.6 Å². The van der Waals surface area contributed by atoms with E-state index in [9.17, 15) is 9.59 Å². The topological polar surface area (TPSA) is 55.4 Å². The SMILES string of the molecule is Cc1ccc(C(=O)O[C@@H](C)C(=O)Nc2ccc(Cl)cc2)s1. The first-order valence-corrected chi connectivity index (χ1v) is 7.49. The zero-order valence-corrected chi connectivity index (χ0v) is 13.1. The predicted octanol–water partition coefficient (Wildman–Crippen LogP) is 3.89. The highest BCUT2D eigenvalue weighted by molar-refractivity contribution is 7.13. The molecular formula is C15H14ClNO3S. The molecular weight excluding hydrogens is 310 g/mol. The van der Waals surface area contributed by atoms with Crippen LogP contribution >= 0.6 is 22.9 Å². The van der Waals surface area contributed by atoms with Gasteiger partial charge in [-0.2, -0.15) is 0 Å². The molecule has 0 unspecified atom stereocenters. The first-order valence-electron chi connectivity index (χ1n) is 6.29. The molecule has 0 aliphatic heterocycles. The van der Waals surface area contributed by atoms with Gasteiger partial charge in [-0.3, -0.25) is 4.79 Å². The summed E-state index contributed by atoms with van der Waals surface area (Å²) >= 11 is 7.10. The number of hydrogen-bond acceptors (Lipinski definition) is 4. The highest BCUT2D eigenvalue weighted by atomic mass is 35.5. The minimum atomic E-state index is -0.879. The van der Waals surface area contributed by atoms with E-state index in [2.05, 4.69) is 5.32 Å². The molecule has 6 heteroatoms. The third-order valence-electron chi connectivity index (χ3n) is 2.71. The Bertz CT molecular complexity index is 651. The van der Waals surface area contributed by atoms with E-state index in [1.165, 1.54) is 18.3 Å². The monoisotopic (exact) mass is 323 g/mol. The van der Waals surface area contributed by atoms with E-state index >= 15 is 0 Å². The fourth-order valence-electron chi connectivity index (χ4n) is 1.59. The summed E-state index contributed by atoms with van der Waals surface area (Å²) in [6.07, 6.45) is -0.879. The standard InChI is InChI=1S/C15H14ClNO3S/c1-9-3-8-13(21-9)15(19)20-10(2)14(18)17-12-6-4-11(16)5-7-12/h3-8,10H,1-2H3,(H,17,18)/t10-/m0/s1. The molecule has 2 rings (SSSR count). The number of thiophene rings is 1. The lowest BCUT2D eigenvalue weighted by atomic mass is 10.3. The van der Waals surface area contributed by atoms with Crippen LogP contribution in [0, 0.1) is 6.92 Å². The molecule has 0 radical (unpaired) electrons. The summed E-state index contributed by atoms with van der Waals surface area (Å²) in [5, 5.41) is 3.24. The van der Waals surface area contributed by atoms with Gasteiger partial charge in [0.25, 0.3) is 5.91 Å². The number of benzene rings is 1. The highest BCUT2D eigenvalue weighted by Gasteiger charge is 2.19. The van der Waals surface area contributed by atoms with Gasteiger partial charge in [-0.25, -0.2) is 4.79 Å². The number of anilines is 1. The zero-order valence-electron chi connectivity index (χ0n) is 11.6. The Morgan fingerprint density at radius 1 is 1.19 bits per heavy atom. The number of carbonyl (C=O) groups is 2. The number of amides is 1. The van der Waals surface area contributed by atoms with Crippen molar-refractivity contribution in [1.82, 2.24) is 0 Å². The number of halogens is 1. The van der Waals surface area contributed by atoms with Crippen LogP contribution in [-0.2, 0) is 9.53 Å². The van der Waals surface area contributed by atoms with Crippen molar-refractivity contribution >= 4 is 40.5 Å². The summed E-state index contributed by atoms with van der Waals surface area (Å²) in [4.78, 5) is 25.3. The van der Waals surface area contributed by atoms with Gasteiger partial charge in [-0.05, 0) is 50.2 Å². The Hall–Kier alpha value is -1.85. The van der Waals surface area contributed by atoms with Crippen LogP contribution in [0.5, 0.6) is 0 Å². The quantitative estimate of drug-likeness (QED) is 0.868. The van der Waals surface area contributed by atoms with E-state index in [1.807, 2.05) is 13.0 Å². The summed E-state index contributed by atoms with van der Waals surface area (Å²) in [7, 11) is 0. The second-order valence-electron chi connectivity index (χ2n) is 4.45. The minimum absolute atomic E-state index is 0.390. The molecule has 0 aliphatic carbocycles. The maximum atomic E-state index is 12.0. The van der Waals surface area contributed by atoms with Crippen LogP contribution < -0.4 is 5.32 Å². The Balaban J connectivity index is 1.93. The fraction of sp³-hybridized carbons (Fsp3) is 0.200. The molecule has 21 heavy (non-hydrogen) atoms. The molecule has 0 spiro atoms. The fourth-order valence-corrected chi connectivity index (χ4v) is 2.47. The Kier molecular flexibility index (Phi) is 4.98. The van der Waals surface area contributed by atoms with E-state index in [1.54, 1.807) is 30.3 Å². The zero-order chi connectivity index (χ0) is 15.4. The summed E-state index contributed by atoms with van der Waals surface area (Å²) in [5.41, 5.74) is 0.597. The molecule has 2 aromatic rings. The van der Waals surface area contributed by atoms with E-state index in [0.29, 0.717) is 15.6 Å². The number of carbonyl (C=O) groups excluding carboxylic acids is 2. The Labute approximate surface area is 131 Å². The molecule has 4 nitrogen and oxygen atoms in total. The van der Waals surface area contributed by atoms with Gasteiger partial charge in [0.2, 0.25) is 0 Å². The number of aryl methyl sites for hydroxylation is 1. The largest absolute Gasteiger partial charge is 0.448 e. The molecule has 1 atom stereocenters. The van der Waals surface area contributed by atoms with Crippen LogP contribution in [0.15, 0.2) is 36.4 Å². The number of ether oxygens (including phenoxy) is 1. The normalized spacial score (nSPS) is 11.8. The van der Waals surface area contributed by atoms with E-state index in [-0.39, 0.29) is 5.91 Å². The number of nitrogens with one attached hydrogen (secondary N) is 1. The van der Waals surface area contributed by atoms with Gasteiger partial charge in [0.05, 0.1) is 0 Å². The van der Waals surface area contributed by atoms with Crippen molar-refractivity contribution in [3.05, 3.63) is 51.2 Å². The van der Waals surface area contributed by atoms with Crippen LogP contribution in [0.2, 0.25) is 5.02 Å². The van der Waals surface area contributed by atoms with E-state index in [0.717, 1.165) is 4.88 Å². The Morgan fingerprint density at radius 3 is 2.43 bits per heavy atom. The lowest BCUT2D eigenvalue weighted by Gasteiger charge is -2.13. The third-order valence-corrected chi connectivity index (χ3v) is 3.94. The molecule has 1 aromatic heterocycles. The smallest absolute Gasteiger partial charge is 0.349 e. The molecule has 1 N–H and O–H groups in total. The van der Waals surface area contributed by atoms with Crippen molar-refractivity contribution in [2.45, 2.75) is 20.0 Å². The lowest BCUT2D eigenvalue weighted by molar-refractivity contribution is -0.123. The third kappa shape index (κ3) is 4.31. The molecule has 0 saturated carbocycles. The second kappa shape index (κ2) is 6.74. The van der Waals surface area contributed by atoms with Gasteiger partial charge in [0, 0.05) is 15.6 Å². The summed E-state index contributed by atoms with van der Waals surface area (Å²) in [5.74, 6) is -0.884.